The van der Waals surface area contributed by atoms with Crippen LogP contribution >= 0.6 is 24.0 Å². The quantitative estimate of drug-likeness (QED) is 0.451. The second-order valence-electron chi connectivity index (χ2n) is 5.62. The number of rotatable bonds is 3. The zero-order valence-corrected chi connectivity index (χ0v) is 15.4. The molecule has 1 aromatic rings. The molecule has 6 heteroatoms. The number of aliphatic imine (C=N–C) groups is 1. The Balaban J connectivity index is 0.00000176. The molecular weight excluding hydrogens is 393 g/mol. The summed E-state index contributed by atoms with van der Waals surface area (Å²) in [7, 11) is 0. The van der Waals surface area contributed by atoms with Crippen LogP contribution in [-0.4, -0.2) is 31.8 Å². The van der Waals surface area contributed by atoms with Gasteiger partial charge in [0.2, 0.25) is 0 Å². The molecule has 1 heterocycles. The van der Waals surface area contributed by atoms with Gasteiger partial charge in [0.05, 0.1) is 13.2 Å². The molecular formula is C16H24IN3O2. The minimum absolute atomic E-state index is 0. The number of halogens is 1. The van der Waals surface area contributed by atoms with Gasteiger partial charge in [0.25, 0.3) is 0 Å². The molecule has 1 aliphatic heterocycles. The van der Waals surface area contributed by atoms with E-state index in [1.54, 1.807) is 0 Å². The Morgan fingerprint density at radius 2 is 2.00 bits per heavy atom. The fourth-order valence-electron chi connectivity index (χ4n) is 2.36. The number of fused-ring (bicyclic) bond motifs is 1. The van der Waals surface area contributed by atoms with Crippen molar-refractivity contribution in [3.8, 4) is 11.5 Å². The second kappa shape index (κ2) is 7.89. The van der Waals surface area contributed by atoms with E-state index < -0.39 is 0 Å². The summed E-state index contributed by atoms with van der Waals surface area (Å²) in [6.45, 7) is 6.44. The van der Waals surface area contributed by atoms with Gasteiger partial charge in [-0.1, -0.05) is 6.92 Å². The molecule has 1 saturated carbocycles. The molecule has 2 atom stereocenters. The summed E-state index contributed by atoms with van der Waals surface area (Å²) in [5, 5.41) is 6.80. The maximum atomic E-state index is 5.72. The summed E-state index contributed by atoms with van der Waals surface area (Å²) >= 11 is 0. The molecule has 2 unspecified atom stereocenters. The van der Waals surface area contributed by atoms with Crippen LogP contribution in [0.5, 0.6) is 11.5 Å². The van der Waals surface area contributed by atoms with E-state index in [0.717, 1.165) is 42.0 Å². The van der Waals surface area contributed by atoms with E-state index in [0.29, 0.717) is 19.3 Å². The van der Waals surface area contributed by atoms with Crippen molar-refractivity contribution in [2.75, 3.05) is 25.1 Å². The molecule has 5 nitrogen and oxygen atoms in total. The van der Waals surface area contributed by atoms with Gasteiger partial charge < -0.3 is 20.1 Å². The van der Waals surface area contributed by atoms with Crippen LogP contribution in [0.3, 0.4) is 0 Å². The van der Waals surface area contributed by atoms with Crippen molar-refractivity contribution in [1.29, 1.82) is 0 Å². The average Bonchev–Trinajstić information content (AvgIpc) is 3.20. The van der Waals surface area contributed by atoms with E-state index in [2.05, 4.69) is 22.5 Å². The summed E-state index contributed by atoms with van der Waals surface area (Å²) < 4.78 is 11.4. The minimum atomic E-state index is 0. The molecule has 1 fully saturated rings. The molecule has 0 amide bonds. The van der Waals surface area contributed by atoms with Crippen LogP contribution < -0.4 is 20.1 Å². The van der Waals surface area contributed by atoms with E-state index >= 15 is 0 Å². The lowest BCUT2D eigenvalue weighted by Gasteiger charge is -2.14. The fourth-order valence-corrected chi connectivity index (χ4v) is 2.36. The van der Waals surface area contributed by atoms with Gasteiger partial charge in [-0.25, -0.2) is 0 Å². The van der Waals surface area contributed by atoms with E-state index in [4.69, 9.17) is 9.47 Å². The minimum Gasteiger partial charge on any atom is -0.490 e. The van der Waals surface area contributed by atoms with Gasteiger partial charge in [0.15, 0.2) is 17.5 Å². The third kappa shape index (κ3) is 4.41. The van der Waals surface area contributed by atoms with Crippen molar-refractivity contribution in [3.05, 3.63) is 18.2 Å². The highest BCUT2D eigenvalue weighted by Gasteiger charge is 2.33. The molecule has 0 spiro atoms. The largest absolute Gasteiger partial charge is 0.490 e. The van der Waals surface area contributed by atoms with Gasteiger partial charge in [-0.15, -0.1) is 24.0 Å². The molecule has 0 aromatic heterocycles. The Kier molecular flexibility index (Phi) is 6.16. The third-order valence-corrected chi connectivity index (χ3v) is 3.76. The van der Waals surface area contributed by atoms with Crippen molar-refractivity contribution in [1.82, 2.24) is 5.32 Å². The SMILES string of the molecule is CCN=C(Nc1ccc2c(c1)OCCCO2)NC1CC1C.I. The van der Waals surface area contributed by atoms with E-state index in [1.165, 1.54) is 6.42 Å². The standard InChI is InChI=1S/C16H23N3O2.HI/c1-3-17-16(19-13-9-11(13)2)18-12-5-6-14-15(10-12)21-8-4-7-20-14;/h5-6,10-11,13H,3-4,7-9H2,1-2H3,(H2,17,18,19);1H. The fraction of sp³-hybridized carbons (Fsp3) is 0.562. The van der Waals surface area contributed by atoms with E-state index in [1.807, 2.05) is 25.1 Å². The zero-order chi connectivity index (χ0) is 14.7. The van der Waals surface area contributed by atoms with Gasteiger partial charge in [-0.3, -0.25) is 4.99 Å². The van der Waals surface area contributed by atoms with Crippen LogP contribution in [0.4, 0.5) is 5.69 Å². The number of hydrogen-bond donors (Lipinski definition) is 2. The van der Waals surface area contributed by atoms with Gasteiger partial charge in [-0.05, 0) is 31.4 Å². The number of anilines is 1. The molecule has 0 radical (unpaired) electrons. The number of benzene rings is 1. The lowest BCUT2D eigenvalue weighted by Crippen LogP contribution is -2.33. The Hall–Kier alpha value is -1.18. The number of nitrogens with one attached hydrogen (secondary N) is 2. The maximum absolute atomic E-state index is 5.72. The normalized spacial score (nSPS) is 23.1. The molecule has 0 bridgehead atoms. The van der Waals surface area contributed by atoms with Gasteiger partial charge >= 0.3 is 0 Å². The summed E-state index contributed by atoms with van der Waals surface area (Å²) in [5.74, 6) is 3.18. The molecule has 2 aliphatic rings. The van der Waals surface area contributed by atoms with Crippen molar-refractivity contribution >= 4 is 35.6 Å². The zero-order valence-electron chi connectivity index (χ0n) is 13.1. The number of guanidine groups is 1. The van der Waals surface area contributed by atoms with Crippen molar-refractivity contribution < 1.29 is 9.47 Å². The third-order valence-electron chi connectivity index (χ3n) is 3.76. The molecule has 122 valence electrons. The Morgan fingerprint density at radius 3 is 2.68 bits per heavy atom. The van der Waals surface area contributed by atoms with Crippen molar-refractivity contribution in [2.45, 2.75) is 32.7 Å². The molecule has 22 heavy (non-hydrogen) atoms. The van der Waals surface area contributed by atoms with Crippen molar-refractivity contribution in [2.24, 2.45) is 10.9 Å². The lowest BCUT2D eigenvalue weighted by molar-refractivity contribution is 0.297. The highest BCUT2D eigenvalue weighted by Crippen LogP contribution is 2.32. The summed E-state index contributed by atoms with van der Waals surface area (Å²) in [4.78, 5) is 4.49. The summed E-state index contributed by atoms with van der Waals surface area (Å²) in [6, 6.07) is 6.47. The average molecular weight is 417 g/mol. The molecule has 1 aromatic carbocycles. The first-order chi connectivity index (χ1) is 10.3. The lowest BCUT2D eigenvalue weighted by atomic mass is 10.2. The van der Waals surface area contributed by atoms with E-state index in [-0.39, 0.29) is 24.0 Å². The first-order valence-corrected chi connectivity index (χ1v) is 7.74. The highest BCUT2D eigenvalue weighted by atomic mass is 127. The van der Waals surface area contributed by atoms with Crippen LogP contribution in [-0.2, 0) is 0 Å². The highest BCUT2D eigenvalue weighted by molar-refractivity contribution is 14.0. The molecule has 1 aliphatic carbocycles. The first kappa shape index (κ1) is 17.2. The summed E-state index contributed by atoms with van der Waals surface area (Å²) in [6.07, 6.45) is 2.13. The van der Waals surface area contributed by atoms with Crippen LogP contribution in [0.2, 0.25) is 0 Å². The van der Waals surface area contributed by atoms with Crippen LogP contribution in [0.15, 0.2) is 23.2 Å². The Morgan fingerprint density at radius 1 is 1.27 bits per heavy atom. The first-order valence-electron chi connectivity index (χ1n) is 7.74. The number of hydrogen-bond acceptors (Lipinski definition) is 3. The Labute approximate surface area is 148 Å². The molecule has 0 saturated heterocycles. The van der Waals surface area contributed by atoms with Gasteiger partial charge in [0, 0.05) is 30.8 Å². The molecule has 2 N–H and O–H groups in total. The smallest absolute Gasteiger partial charge is 0.196 e. The van der Waals surface area contributed by atoms with Gasteiger partial charge in [0.1, 0.15) is 0 Å². The van der Waals surface area contributed by atoms with Crippen LogP contribution in [0.25, 0.3) is 0 Å². The second-order valence-corrected chi connectivity index (χ2v) is 5.62. The maximum Gasteiger partial charge on any atom is 0.196 e. The topological polar surface area (TPSA) is 54.9 Å². The van der Waals surface area contributed by atoms with Crippen molar-refractivity contribution in [3.63, 3.8) is 0 Å². The van der Waals surface area contributed by atoms with Gasteiger partial charge in [-0.2, -0.15) is 0 Å². The number of nitrogens with zero attached hydrogens (tertiary/aromatic N) is 1. The predicted molar refractivity (Wildman–Crippen MR) is 99.8 cm³/mol. The van der Waals surface area contributed by atoms with E-state index in [9.17, 15) is 0 Å². The van der Waals surface area contributed by atoms with Crippen LogP contribution in [0, 0.1) is 5.92 Å². The van der Waals surface area contributed by atoms with Crippen LogP contribution in [0.1, 0.15) is 26.7 Å². The monoisotopic (exact) mass is 417 g/mol. The number of ether oxygens (including phenoxy) is 2. The Bertz CT molecular complexity index is 536. The predicted octanol–water partition coefficient (Wildman–Crippen LogP) is 3.25. The summed E-state index contributed by atoms with van der Waals surface area (Å²) in [5.41, 5.74) is 0.965. The molecule has 3 rings (SSSR count).